The van der Waals surface area contributed by atoms with Crippen LogP contribution in [0.3, 0.4) is 0 Å². The van der Waals surface area contributed by atoms with E-state index in [1.165, 1.54) is 5.56 Å². The van der Waals surface area contributed by atoms with Crippen molar-refractivity contribution in [2.75, 3.05) is 18.0 Å². The van der Waals surface area contributed by atoms with Gasteiger partial charge < -0.3 is 14.7 Å². The SMILES string of the molecule is C=C[C@H](O)[C@@H]1CC[C@H]1CN1CCCCc2cc(Cl)ccc2COc2ccc(C(C)=O)cc21. The zero-order valence-electron chi connectivity index (χ0n) is 18.7. The molecule has 2 aromatic rings. The Kier molecular flexibility index (Phi) is 7.22. The molecule has 1 aliphatic heterocycles. The van der Waals surface area contributed by atoms with Gasteiger partial charge >= 0.3 is 0 Å². The smallest absolute Gasteiger partial charge is 0.159 e. The number of halogens is 1. The molecule has 3 atom stereocenters. The third kappa shape index (κ3) is 5.02. The van der Waals surface area contributed by atoms with Crippen LogP contribution in [0.1, 0.15) is 54.1 Å². The van der Waals surface area contributed by atoms with Crippen molar-refractivity contribution < 1.29 is 14.6 Å². The van der Waals surface area contributed by atoms with Crippen molar-refractivity contribution in [1.82, 2.24) is 0 Å². The number of aliphatic hydroxyl groups excluding tert-OH is 1. The van der Waals surface area contributed by atoms with Gasteiger partial charge in [-0.15, -0.1) is 6.58 Å². The summed E-state index contributed by atoms with van der Waals surface area (Å²) in [6, 6.07) is 11.7. The van der Waals surface area contributed by atoms with Gasteiger partial charge in [0.25, 0.3) is 0 Å². The first-order valence-corrected chi connectivity index (χ1v) is 11.9. The number of ketones is 1. The molecule has 1 fully saturated rings. The Morgan fingerprint density at radius 1 is 1.25 bits per heavy atom. The van der Waals surface area contributed by atoms with Gasteiger partial charge in [0.05, 0.1) is 11.8 Å². The van der Waals surface area contributed by atoms with E-state index < -0.39 is 6.10 Å². The number of hydrogen-bond acceptors (Lipinski definition) is 4. The molecule has 0 radical (unpaired) electrons. The molecule has 1 N–H and O–H groups in total. The molecule has 0 saturated heterocycles. The fraction of sp³-hybridized carbons (Fsp3) is 0.444. The van der Waals surface area contributed by atoms with Crippen molar-refractivity contribution in [3.63, 3.8) is 0 Å². The molecule has 170 valence electrons. The fourth-order valence-corrected chi connectivity index (χ4v) is 5.08. The molecule has 0 unspecified atom stereocenters. The molecule has 0 spiro atoms. The number of aliphatic hydroxyl groups is 1. The van der Waals surface area contributed by atoms with Crippen LogP contribution < -0.4 is 9.64 Å². The Bertz CT molecular complexity index is 989. The van der Waals surface area contributed by atoms with Gasteiger partial charge in [0.1, 0.15) is 12.4 Å². The minimum Gasteiger partial charge on any atom is -0.487 e. The van der Waals surface area contributed by atoms with Crippen molar-refractivity contribution in [3.8, 4) is 5.75 Å². The first kappa shape index (κ1) is 22.9. The molecule has 2 aromatic carbocycles. The number of rotatable bonds is 5. The lowest BCUT2D eigenvalue weighted by molar-refractivity contribution is 0.0465. The van der Waals surface area contributed by atoms with Crippen LogP contribution in [0, 0.1) is 11.8 Å². The lowest BCUT2D eigenvalue weighted by Gasteiger charge is -2.42. The molecule has 0 aromatic heterocycles. The molecule has 0 bridgehead atoms. The monoisotopic (exact) mass is 453 g/mol. The highest BCUT2D eigenvalue weighted by atomic mass is 35.5. The van der Waals surface area contributed by atoms with E-state index in [1.54, 1.807) is 13.0 Å². The van der Waals surface area contributed by atoms with E-state index >= 15 is 0 Å². The highest BCUT2D eigenvalue weighted by molar-refractivity contribution is 6.30. The van der Waals surface area contributed by atoms with Crippen LogP contribution in [0.4, 0.5) is 5.69 Å². The molecule has 4 rings (SSSR count). The van der Waals surface area contributed by atoms with Gasteiger partial charge in [0, 0.05) is 23.7 Å². The van der Waals surface area contributed by atoms with Crippen LogP contribution in [-0.4, -0.2) is 30.1 Å². The number of aryl methyl sites for hydroxylation is 1. The second-order valence-electron chi connectivity index (χ2n) is 9.07. The molecule has 1 aliphatic carbocycles. The summed E-state index contributed by atoms with van der Waals surface area (Å²) in [6.45, 7) is 7.55. The van der Waals surface area contributed by atoms with Crippen LogP contribution in [0.2, 0.25) is 5.02 Å². The summed E-state index contributed by atoms with van der Waals surface area (Å²) in [6.07, 6.45) is 6.35. The second kappa shape index (κ2) is 10.1. The maximum Gasteiger partial charge on any atom is 0.159 e. The number of nitrogens with zero attached hydrogens (tertiary/aromatic N) is 1. The number of carbonyl (C=O) groups is 1. The molecular formula is C27H32ClNO3. The van der Waals surface area contributed by atoms with E-state index in [2.05, 4.69) is 11.5 Å². The summed E-state index contributed by atoms with van der Waals surface area (Å²) in [5.41, 5.74) is 4.04. The largest absolute Gasteiger partial charge is 0.487 e. The molecule has 32 heavy (non-hydrogen) atoms. The number of carbonyl (C=O) groups excluding carboxylic acids is 1. The summed E-state index contributed by atoms with van der Waals surface area (Å²) < 4.78 is 6.32. The van der Waals surface area contributed by atoms with Gasteiger partial charge in [0.2, 0.25) is 0 Å². The van der Waals surface area contributed by atoms with Gasteiger partial charge in [-0.1, -0.05) is 23.7 Å². The minimum absolute atomic E-state index is 0.0469. The molecule has 2 aliphatic rings. The Balaban J connectivity index is 1.65. The number of fused-ring (bicyclic) bond motifs is 2. The second-order valence-corrected chi connectivity index (χ2v) is 9.51. The van der Waals surface area contributed by atoms with Crippen LogP contribution in [0.15, 0.2) is 49.1 Å². The number of hydrogen-bond donors (Lipinski definition) is 1. The van der Waals surface area contributed by atoms with Crippen molar-refractivity contribution in [2.45, 2.75) is 51.7 Å². The van der Waals surface area contributed by atoms with E-state index in [0.717, 1.165) is 67.2 Å². The average Bonchev–Trinajstić information content (AvgIpc) is 2.79. The number of ether oxygens (including phenoxy) is 1. The lowest BCUT2D eigenvalue weighted by Crippen LogP contribution is -2.43. The zero-order valence-corrected chi connectivity index (χ0v) is 19.5. The predicted octanol–water partition coefficient (Wildman–Crippen LogP) is 5.84. The number of anilines is 1. The highest BCUT2D eigenvalue weighted by Crippen LogP contribution is 2.40. The first-order chi connectivity index (χ1) is 15.5. The molecular weight excluding hydrogens is 422 g/mol. The minimum atomic E-state index is -0.462. The van der Waals surface area contributed by atoms with E-state index in [4.69, 9.17) is 16.3 Å². The third-order valence-corrected chi connectivity index (χ3v) is 7.23. The molecule has 0 amide bonds. The van der Waals surface area contributed by atoms with Gasteiger partial charge in [-0.25, -0.2) is 0 Å². The van der Waals surface area contributed by atoms with Crippen molar-refractivity contribution in [1.29, 1.82) is 0 Å². The average molecular weight is 454 g/mol. The van der Waals surface area contributed by atoms with E-state index in [0.29, 0.717) is 18.1 Å². The van der Waals surface area contributed by atoms with Gasteiger partial charge in [-0.3, -0.25) is 4.79 Å². The predicted molar refractivity (Wildman–Crippen MR) is 130 cm³/mol. The van der Waals surface area contributed by atoms with Gasteiger partial charge in [0.15, 0.2) is 5.78 Å². The van der Waals surface area contributed by atoms with Crippen molar-refractivity contribution >= 4 is 23.1 Å². The quantitative estimate of drug-likeness (QED) is 0.456. The zero-order chi connectivity index (χ0) is 22.7. The maximum atomic E-state index is 12.1. The summed E-state index contributed by atoms with van der Waals surface area (Å²) in [5, 5.41) is 11.1. The van der Waals surface area contributed by atoms with Crippen molar-refractivity contribution in [3.05, 3.63) is 70.8 Å². The summed E-state index contributed by atoms with van der Waals surface area (Å²) in [5.74, 6) is 1.49. The molecule has 1 saturated carbocycles. The van der Waals surface area contributed by atoms with Crippen molar-refractivity contribution in [2.24, 2.45) is 11.8 Å². The topological polar surface area (TPSA) is 49.8 Å². The molecule has 4 nitrogen and oxygen atoms in total. The Labute approximate surface area is 195 Å². The Morgan fingerprint density at radius 3 is 2.81 bits per heavy atom. The van der Waals surface area contributed by atoms with E-state index in [9.17, 15) is 9.90 Å². The Hall–Kier alpha value is -2.30. The van der Waals surface area contributed by atoms with Crippen LogP contribution >= 0.6 is 11.6 Å². The van der Waals surface area contributed by atoms with Gasteiger partial charge in [-0.2, -0.15) is 0 Å². The first-order valence-electron chi connectivity index (χ1n) is 11.6. The number of benzene rings is 2. The summed E-state index contributed by atoms with van der Waals surface area (Å²) >= 11 is 6.25. The van der Waals surface area contributed by atoms with E-state index in [1.807, 2.05) is 36.4 Å². The van der Waals surface area contributed by atoms with Crippen LogP contribution in [0.25, 0.3) is 0 Å². The van der Waals surface area contributed by atoms with Crippen LogP contribution in [-0.2, 0) is 13.0 Å². The van der Waals surface area contributed by atoms with Gasteiger partial charge in [-0.05, 0) is 92.3 Å². The highest BCUT2D eigenvalue weighted by Gasteiger charge is 2.36. The normalized spacial score (nSPS) is 21.8. The lowest BCUT2D eigenvalue weighted by atomic mass is 9.70. The maximum absolute atomic E-state index is 12.1. The standard InChI is InChI=1S/C27H32ClNO3/c1-3-26(31)24-11-8-21(24)16-29-13-5-4-6-20-14-23(28)10-7-22(20)17-32-27-12-9-19(18(2)30)15-25(27)29/h3,7,9-10,12,14-15,21,24,26,31H,1,4-6,8,11,13,16-17H2,2H3/t21-,24+,26-/m0/s1. The van der Waals surface area contributed by atoms with E-state index in [-0.39, 0.29) is 11.7 Å². The summed E-state index contributed by atoms with van der Waals surface area (Å²) in [4.78, 5) is 14.5. The Morgan fingerprint density at radius 2 is 2.09 bits per heavy atom. The number of Topliss-reactive ketones (excluding diaryl/α,β-unsaturated/α-hetero) is 1. The van der Waals surface area contributed by atoms with Crippen LogP contribution in [0.5, 0.6) is 5.75 Å². The third-order valence-electron chi connectivity index (χ3n) is 6.99. The fourth-order valence-electron chi connectivity index (χ4n) is 4.89. The molecule has 1 heterocycles. The summed E-state index contributed by atoms with van der Waals surface area (Å²) in [7, 11) is 0. The molecule has 5 heteroatoms.